The van der Waals surface area contributed by atoms with E-state index in [0.29, 0.717) is 47.7 Å². The Labute approximate surface area is 160 Å². The highest BCUT2D eigenvalue weighted by molar-refractivity contribution is 5.92. The highest BCUT2D eigenvalue weighted by atomic mass is 16.5. The highest BCUT2D eigenvalue weighted by Gasteiger charge is 2.36. The van der Waals surface area contributed by atoms with Gasteiger partial charge in [-0.15, -0.1) is 0 Å². The van der Waals surface area contributed by atoms with E-state index < -0.39 is 0 Å². The Hall–Kier alpha value is -3.69. The van der Waals surface area contributed by atoms with Gasteiger partial charge in [0.05, 0.1) is 32.0 Å². The number of carbonyl (C=O) groups excluding carboxylic acids is 1. The van der Waals surface area contributed by atoms with Crippen LogP contribution in [0.4, 0.5) is 10.5 Å². The zero-order valence-electron chi connectivity index (χ0n) is 15.3. The van der Waals surface area contributed by atoms with Gasteiger partial charge < -0.3 is 24.2 Å². The normalized spacial score (nSPS) is 13.7. The van der Waals surface area contributed by atoms with Gasteiger partial charge in [-0.1, -0.05) is 11.2 Å². The average molecular weight is 382 g/mol. The Morgan fingerprint density at radius 2 is 2.11 bits per heavy atom. The molecule has 3 aromatic rings. The summed E-state index contributed by atoms with van der Waals surface area (Å²) in [6.45, 7) is 0.945. The van der Waals surface area contributed by atoms with Crippen LogP contribution >= 0.6 is 0 Å². The van der Waals surface area contributed by atoms with E-state index >= 15 is 0 Å². The van der Waals surface area contributed by atoms with E-state index in [4.69, 9.17) is 14.0 Å². The number of amides is 2. The molecule has 3 heterocycles. The van der Waals surface area contributed by atoms with E-state index in [2.05, 4.69) is 25.4 Å². The van der Waals surface area contributed by atoms with E-state index in [9.17, 15) is 4.79 Å². The SMILES string of the molecule is COc1cccc(NC(=O)N2CC(c3nc(-c4cnccn4)no3)C2)c1OC. The van der Waals surface area contributed by atoms with Crippen LogP contribution < -0.4 is 14.8 Å². The lowest BCUT2D eigenvalue weighted by Gasteiger charge is -2.37. The molecule has 1 fully saturated rings. The molecule has 1 aliphatic heterocycles. The van der Waals surface area contributed by atoms with Crippen LogP contribution in [0.1, 0.15) is 11.8 Å². The molecule has 0 aliphatic carbocycles. The number of anilines is 1. The Morgan fingerprint density at radius 1 is 1.25 bits per heavy atom. The third-order valence-electron chi connectivity index (χ3n) is 4.40. The Morgan fingerprint density at radius 3 is 2.82 bits per heavy atom. The van der Waals surface area contributed by atoms with Crippen LogP contribution in [-0.4, -0.2) is 58.3 Å². The first kappa shape index (κ1) is 17.7. The highest BCUT2D eigenvalue weighted by Crippen LogP contribution is 2.35. The van der Waals surface area contributed by atoms with Gasteiger partial charge in [0, 0.05) is 25.5 Å². The van der Waals surface area contributed by atoms with Crippen molar-refractivity contribution in [2.75, 3.05) is 32.6 Å². The summed E-state index contributed by atoms with van der Waals surface area (Å²) in [5.74, 6) is 1.86. The molecule has 1 aromatic carbocycles. The quantitative estimate of drug-likeness (QED) is 0.714. The standard InChI is InChI=1S/C18H18N6O4/c1-26-14-5-3-4-12(15(14)27-2)21-18(25)24-9-11(10-24)17-22-16(23-28-17)13-8-19-6-7-20-13/h3-8,11H,9-10H2,1-2H3,(H,21,25). The van der Waals surface area contributed by atoms with E-state index in [1.165, 1.54) is 7.11 Å². The van der Waals surface area contributed by atoms with Crippen LogP contribution in [0.2, 0.25) is 0 Å². The van der Waals surface area contributed by atoms with Crippen LogP contribution in [-0.2, 0) is 0 Å². The lowest BCUT2D eigenvalue weighted by Crippen LogP contribution is -2.50. The van der Waals surface area contributed by atoms with Crippen molar-refractivity contribution in [1.29, 1.82) is 0 Å². The molecule has 0 radical (unpaired) electrons. The van der Waals surface area contributed by atoms with Crippen molar-refractivity contribution < 1.29 is 18.8 Å². The summed E-state index contributed by atoms with van der Waals surface area (Å²) in [5.41, 5.74) is 1.08. The molecule has 4 rings (SSSR count). The van der Waals surface area contributed by atoms with Crippen molar-refractivity contribution >= 4 is 11.7 Å². The first-order valence-electron chi connectivity index (χ1n) is 8.56. The van der Waals surface area contributed by atoms with Crippen LogP contribution in [0.3, 0.4) is 0 Å². The minimum absolute atomic E-state index is 0.0177. The lowest BCUT2D eigenvalue weighted by molar-refractivity contribution is 0.147. The molecule has 2 aromatic heterocycles. The Balaban J connectivity index is 1.38. The first-order valence-corrected chi connectivity index (χ1v) is 8.56. The average Bonchev–Trinajstić information content (AvgIpc) is 3.17. The van der Waals surface area contributed by atoms with Gasteiger partial charge in [0.2, 0.25) is 11.7 Å². The Kier molecular flexibility index (Phi) is 4.75. The number of methoxy groups -OCH3 is 2. The van der Waals surface area contributed by atoms with Gasteiger partial charge in [-0.25, -0.2) is 9.78 Å². The summed E-state index contributed by atoms with van der Waals surface area (Å²) in [6, 6.07) is 5.05. The number of likely N-dealkylation sites (tertiary alicyclic amines) is 1. The molecule has 0 saturated carbocycles. The monoisotopic (exact) mass is 382 g/mol. The molecular formula is C18H18N6O4. The number of benzene rings is 1. The molecule has 0 spiro atoms. The van der Waals surface area contributed by atoms with Crippen molar-refractivity contribution in [2.24, 2.45) is 0 Å². The number of nitrogens with one attached hydrogen (secondary N) is 1. The molecule has 10 heteroatoms. The molecule has 1 aliphatic rings. The molecular weight excluding hydrogens is 364 g/mol. The maximum atomic E-state index is 12.5. The third kappa shape index (κ3) is 3.31. The fraction of sp³-hybridized carbons (Fsp3) is 0.278. The smallest absolute Gasteiger partial charge is 0.321 e. The second kappa shape index (κ2) is 7.51. The number of hydrogen-bond donors (Lipinski definition) is 1. The van der Waals surface area contributed by atoms with E-state index in [0.717, 1.165) is 0 Å². The fourth-order valence-electron chi connectivity index (χ4n) is 2.90. The van der Waals surface area contributed by atoms with Gasteiger partial charge in [0.15, 0.2) is 11.5 Å². The molecule has 1 saturated heterocycles. The fourth-order valence-corrected chi connectivity index (χ4v) is 2.90. The lowest BCUT2D eigenvalue weighted by atomic mass is 10.0. The predicted octanol–water partition coefficient (Wildman–Crippen LogP) is 2.18. The van der Waals surface area contributed by atoms with Crippen molar-refractivity contribution in [3.05, 3.63) is 42.7 Å². The summed E-state index contributed by atoms with van der Waals surface area (Å²) in [5, 5.41) is 6.77. The number of urea groups is 1. The molecule has 28 heavy (non-hydrogen) atoms. The minimum atomic E-state index is -0.239. The topological polar surface area (TPSA) is 116 Å². The Bertz CT molecular complexity index is 971. The van der Waals surface area contributed by atoms with E-state index in [1.54, 1.807) is 48.8 Å². The van der Waals surface area contributed by atoms with Gasteiger partial charge in [-0.3, -0.25) is 4.98 Å². The number of para-hydroxylation sites is 1. The minimum Gasteiger partial charge on any atom is -0.493 e. The summed E-state index contributed by atoms with van der Waals surface area (Å²) < 4.78 is 15.9. The van der Waals surface area contributed by atoms with Crippen LogP contribution in [0, 0.1) is 0 Å². The number of aromatic nitrogens is 4. The molecule has 2 amide bonds. The number of rotatable bonds is 5. The van der Waals surface area contributed by atoms with Gasteiger partial charge in [-0.05, 0) is 12.1 Å². The molecule has 10 nitrogen and oxygen atoms in total. The number of nitrogens with zero attached hydrogens (tertiary/aromatic N) is 5. The van der Waals surface area contributed by atoms with Crippen molar-refractivity contribution in [3.8, 4) is 23.0 Å². The second-order valence-electron chi connectivity index (χ2n) is 6.12. The van der Waals surface area contributed by atoms with Gasteiger partial charge >= 0.3 is 6.03 Å². The molecule has 1 N–H and O–H groups in total. The van der Waals surface area contributed by atoms with Gasteiger partial charge in [-0.2, -0.15) is 4.98 Å². The van der Waals surface area contributed by atoms with Crippen molar-refractivity contribution in [1.82, 2.24) is 25.0 Å². The molecule has 0 unspecified atom stereocenters. The maximum Gasteiger partial charge on any atom is 0.321 e. The zero-order chi connectivity index (χ0) is 19.5. The summed E-state index contributed by atoms with van der Waals surface area (Å²) in [6.07, 6.45) is 4.70. The van der Waals surface area contributed by atoms with Crippen LogP contribution in [0.25, 0.3) is 11.5 Å². The summed E-state index contributed by atoms with van der Waals surface area (Å²) >= 11 is 0. The summed E-state index contributed by atoms with van der Waals surface area (Å²) in [7, 11) is 3.07. The zero-order valence-corrected chi connectivity index (χ0v) is 15.3. The van der Waals surface area contributed by atoms with E-state index in [1.807, 2.05) is 0 Å². The van der Waals surface area contributed by atoms with Gasteiger partial charge in [0.25, 0.3) is 0 Å². The molecule has 0 bridgehead atoms. The van der Waals surface area contributed by atoms with Crippen molar-refractivity contribution in [2.45, 2.75) is 5.92 Å². The number of ether oxygens (including phenoxy) is 2. The number of hydrogen-bond acceptors (Lipinski definition) is 8. The molecule has 144 valence electrons. The maximum absolute atomic E-state index is 12.5. The predicted molar refractivity (Wildman–Crippen MR) is 98.2 cm³/mol. The second-order valence-corrected chi connectivity index (χ2v) is 6.12. The van der Waals surface area contributed by atoms with Crippen LogP contribution in [0.15, 0.2) is 41.3 Å². The molecule has 0 atom stereocenters. The van der Waals surface area contributed by atoms with Crippen molar-refractivity contribution in [3.63, 3.8) is 0 Å². The van der Waals surface area contributed by atoms with Gasteiger partial charge in [0.1, 0.15) is 5.69 Å². The third-order valence-corrected chi connectivity index (χ3v) is 4.40. The number of carbonyl (C=O) groups is 1. The van der Waals surface area contributed by atoms with E-state index in [-0.39, 0.29) is 11.9 Å². The largest absolute Gasteiger partial charge is 0.493 e. The summed E-state index contributed by atoms with van der Waals surface area (Å²) in [4.78, 5) is 26.6. The van der Waals surface area contributed by atoms with Crippen LogP contribution in [0.5, 0.6) is 11.5 Å². The first-order chi connectivity index (χ1) is 13.7.